The first-order chi connectivity index (χ1) is 8.36. The molecular formula is C12H19N5. The number of imidazole rings is 1. The lowest BCUT2D eigenvalue weighted by Gasteiger charge is -2.17. The minimum Gasteiger partial charge on any atom is -0.334 e. The van der Waals surface area contributed by atoms with Gasteiger partial charge < -0.3 is 9.88 Å². The first-order valence-corrected chi connectivity index (χ1v) is 6.09. The van der Waals surface area contributed by atoms with Crippen LogP contribution in [0.3, 0.4) is 0 Å². The molecule has 2 heterocycles. The lowest BCUT2D eigenvalue weighted by molar-refractivity contribution is 0.542. The van der Waals surface area contributed by atoms with Crippen molar-refractivity contribution < 1.29 is 0 Å². The summed E-state index contributed by atoms with van der Waals surface area (Å²) in [5, 5.41) is 10.4. The topological polar surface area (TPSA) is 58.5 Å². The van der Waals surface area contributed by atoms with Gasteiger partial charge in [0, 0.05) is 30.7 Å². The Balaban J connectivity index is 2.27. The molecule has 2 aromatic heterocycles. The van der Waals surface area contributed by atoms with E-state index < -0.39 is 0 Å². The zero-order valence-electron chi connectivity index (χ0n) is 10.3. The second-order valence-electron chi connectivity index (χ2n) is 3.99. The molecule has 0 fully saturated rings. The highest BCUT2D eigenvalue weighted by Gasteiger charge is 2.18. The molecule has 2 aromatic rings. The molecule has 1 unspecified atom stereocenters. The van der Waals surface area contributed by atoms with Crippen molar-refractivity contribution in [3.63, 3.8) is 0 Å². The van der Waals surface area contributed by atoms with Crippen molar-refractivity contribution in [1.82, 2.24) is 25.1 Å². The fraction of sp³-hybridized carbons (Fsp3) is 0.500. The average Bonchev–Trinajstić information content (AvgIpc) is 3.00. The highest BCUT2D eigenvalue weighted by molar-refractivity contribution is 5.19. The van der Waals surface area contributed by atoms with E-state index in [9.17, 15) is 0 Å². The summed E-state index contributed by atoms with van der Waals surface area (Å²) in [6.45, 7) is 6.17. The first-order valence-electron chi connectivity index (χ1n) is 6.09. The Hall–Kier alpha value is -1.62. The molecule has 17 heavy (non-hydrogen) atoms. The van der Waals surface area contributed by atoms with Crippen LogP contribution in [0.2, 0.25) is 0 Å². The summed E-state index contributed by atoms with van der Waals surface area (Å²) in [4.78, 5) is 4.46. The van der Waals surface area contributed by atoms with Gasteiger partial charge in [-0.2, -0.15) is 5.10 Å². The van der Waals surface area contributed by atoms with Crippen molar-refractivity contribution in [3.05, 3.63) is 36.2 Å². The number of nitrogens with zero attached hydrogens (tertiary/aromatic N) is 3. The van der Waals surface area contributed by atoms with E-state index >= 15 is 0 Å². The zero-order chi connectivity index (χ0) is 12.1. The SMILES string of the molecule is CCCNC(c1cn[nH]c1)c1nccn1CC. The number of hydrogen-bond acceptors (Lipinski definition) is 3. The minimum atomic E-state index is 0.114. The maximum absolute atomic E-state index is 4.46. The second-order valence-corrected chi connectivity index (χ2v) is 3.99. The molecule has 2 rings (SSSR count). The van der Waals surface area contributed by atoms with Gasteiger partial charge in [0.2, 0.25) is 0 Å². The van der Waals surface area contributed by atoms with Crippen LogP contribution in [0.1, 0.15) is 37.7 Å². The van der Waals surface area contributed by atoms with Crippen LogP contribution >= 0.6 is 0 Å². The van der Waals surface area contributed by atoms with E-state index in [1.54, 1.807) is 0 Å². The quantitative estimate of drug-likeness (QED) is 0.798. The van der Waals surface area contributed by atoms with E-state index in [4.69, 9.17) is 0 Å². The number of H-pyrrole nitrogens is 1. The summed E-state index contributed by atoms with van der Waals surface area (Å²) in [7, 11) is 0. The van der Waals surface area contributed by atoms with E-state index in [2.05, 4.69) is 38.9 Å². The molecule has 0 aliphatic heterocycles. The summed E-state index contributed by atoms with van der Waals surface area (Å²) >= 11 is 0. The Bertz CT molecular complexity index is 431. The third-order valence-corrected chi connectivity index (χ3v) is 2.80. The molecule has 0 radical (unpaired) electrons. The number of nitrogens with one attached hydrogen (secondary N) is 2. The van der Waals surface area contributed by atoms with Gasteiger partial charge in [-0.25, -0.2) is 4.98 Å². The molecule has 2 N–H and O–H groups in total. The van der Waals surface area contributed by atoms with Crippen LogP contribution in [0.15, 0.2) is 24.8 Å². The summed E-state index contributed by atoms with van der Waals surface area (Å²) < 4.78 is 2.15. The van der Waals surface area contributed by atoms with Crippen LogP contribution < -0.4 is 5.32 Å². The zero-order valence-corrected chi connectivity index (χ0v) is 10.3. The standard InChI is InChI=1S/C12H19N5/c1-3-5-13-11(10-8-15-16-9-10)12-14-6-7-17(12)4-2/h6-9,11,13H,3-5H2,1-2H3,(H,15,16). The number of aromatic nitrogens is 4. The smallest absolute Gasteiger partial charge is 0.130 e. The summed E-state index contributed by atoms with van der Waals surface area (Å²) in [5.74, 6) is 1.04. The van der Waals surface area contributed by atoms with Crippen LogP contribution in [0.5, 0.6) is 0 Å². The largest absolute Gasteiger partial charge is 0.334 e. The van der Waals surface area contributed by atoms with Crippen molar-refractivity contribution in [3.8, 4) is 0 Å². The summed E-state index contributed by atoms with van der Waals surface area (Å²) in [6, 6.07) is 0.114. The van der Waals surface area contributed by atoms with Crippen LogP contribution in [-0.4, -0.2) is 26.3 Å². The van der Waals surface area contributed by atoms with Crippen LogP contribution in [0.25, 0.3) is 0 Å². The number of rotatable bonds is 6. The van der Waals surface area contributed by atoms with E-state index in [-0.39, 0.29) is 6.04 Å². The van der Waals surface area contributed by atoms with Crippen molar-refractivity contribution in [1.29, 1.82) is 0 Å². The third kappa shape index (κ3) is 2.55. The monoisotopic (exact) mass is 233 g/mol. The average molecular weight is 233 g/mol. The van der Waals surface area contributed by atoms with Gasteiger partial charge in [0.1, 0.15) is 5.82 Å². The molecule has 0 amide bonds. The molecule has 92 valence electrons. The van der Waals surface area contributed by atoms with Crippen LogP contribution in [-0.2, 0) is 6.54 Å². The van der Waals surface area contributed by atoms with Crippen molar-refractivity contribution in [2.75, 3.05) is 6.54 Å². The normalized spacial score (nSPS) is 12.8. The molecular weight excluding hydrogens is 214 g/mol. The molecule has 5 nitrogen and oxygen atoms in total. The fourth-order valence-corrected chi connectivity index (χ4v) is 1.91. The molecule has 5 heteroatoms. The third-order valence-electron chi connectivity index (χ3n) is 2.80. The number of hydrogen-bond donors (Lipinski definition) is 2. The second kappa shape index (κ2) is 5.63. The maximum Gasteiger partial charge on any atom is 0.130 e. The Kier molecular flexibility index (Phi) is 3.93. The van der Waals surface area contributed by atoms with Crippen molar-refractivity contribution in [2.45, 2.75) is 32.9 Å². The van der Waals surface area contributed by atoms with E-state index in [1.807, 2.05) is 24.8 Å². The van der Waals surface area contributed by atoms with Gasteiger partial charge in [-0.1, -0.05) is 6.92 Å². The molecule has 0 saturated heterocycles. The molecule has 0 spiro atoms. The van der Waals surface area contributed by atoms with E-state index in [0.29, 0.717) is 0 Å². The van der Waals surface area contributed by atoms with Crippen molar-refractivity contribution >= 4 is 0 Å². The highest BCUT2D eigenvalue weighted by atomic mass is 15.1. The Morgan fingerprint density at radius 3 is 3.00 bits per heavy atom. The maximum atomic E-state index is 4.46. The number of aromatic amines is 1. The van der Waals surface area contributed by atoms with Crippen LogP contribution in [0.4, 0.5) is 0 Å². The van der Waals surface area contributed by atoms with Gasteiger partial charge in [0.25, 0.3) is 0 Å². The minimum absolute atomic E-state index is 0.114. The molecule has 0 aliphatic carbocycles. The Morgan fingerprint density at radius 2 is 2.35 bits per heavy atom. The molecule has 0 aromatic carbocycles. The number of aryl methyl sites for hydroxylation is 1. The summed E-state index contributed by atoms with van der Waals surface area (Å²) in [6.07, 6.45) is 8.72. The first kappa shape index (κ1) is 11.9. The van der Waals surface area contributed by atoms with Crippen molar-refractivity contribution in [2.24, 2.45) is 0 Å². The van der Waals surface area contributed by atoms with Gasteiger partial charge in [0.05, 0.1) is 12.2 Å². The van der Waals surface area contributed by atoms with E-state index in [1.165, 1.54) is 0 Å². The van der Waals surface area contributed by atoms with Gasteiger partial charge >= 0.3 is 0 Å². The Labute approximate surface area is 101 Å². The van der Waals surface area contributed by atoms with Gasteiger partial charge in [0.15, 0.2) is 0 Å². The molecule has 0 saturated carbocycles. The lowest BCUT2D eigenvalue weighted by atomic mass is 10.1. The fourth-order valence-electron chi connectivity index (χ4n) is 1.91. The van der Waals surface area contributed by atoms with Crippen LogP contribution in [0, 0.1) is 0 Å². The molecule has 0 bridgehead atoms. The van der Waals surface area contributed by atoms with Gasteiger partial charge in [-0.3, -0.25) is 5.10 Å². The predicted molar refractivity (Wildman–Crippen MR) is 66.6 cm³/mol. The van der Waals surface area contributed by atoms with Gasteiger partial charge in [-0.15, -0.1) is 0 Å². The van der Waals surface area contributed by atoms with E-state index in [0.717, 1.165) is 30.9 Å². The summed E-state index contributed by atoms with van der Waals surface area (Å²) in [5.41, 5.74) is 1.12. The molecule has 0 aliphatic rings. The lowest BCUT2D eigenvalue weighted by Crippen LogP contribution is -2.25. The predicted octanol–water partition coefficient (Wildman–Crippen LogP) is 1.72. The van der Waals surface area contributed by atoms with Gasteiger partial charge in [-0.05, 0) is 19.9 Å². The Morgan fingerprint density at radius 1 is 1.47 bits per heavy atom. The molecule has 1 atom stereocenters. The highest BCUT2D eigenvalue weighted by Crippen LogP contribution is 2.19.